The van der Waals surface area contributed by atoms with E-state index in [0.717, 1.165) is 5.69 Å². The van der Waals surface area contributed by atoms with Crippen LogP contribution < -0.4 is 5.32 Å². The summed E-state index contributed by atoms with van der Waals surface area (Å²) < 4.78 is 1.65. The Hall–Kier alpha value is -2.08. The van der Waals surface area contributed by atoms with E-state index in [0.29, 0.717) is 17.1 Å². The van der Waals surface area contributed by atoms with Crippen LogP contribution in [0, 0.1) is 10.1 Å². The Kier molecular flexibility index (Phi) is 3.47. The molecule has 0 radical (unpaired) electrons. The molecule has 2 rings (SSSR count). The van der Waals surface area contributed by atoms with Crippen molar-refractivity contribution < 1.29 is 4.92 Å². The Morgan fingerprint density at radius 3 is 2.94 bits per heavy atom. The molecule has 0 aliphatic rings. The molecule has 0 amide bonds. The van der Waals surface area contributed by atoms with Gasteiger partial charge in [0.1, 0.15) is 0 Å². The fraction of sp³-hybridized carbons (Fsp3) is 0.182. The number of nitrogens with one attached hydrogen (secondary N) is 1. The van der Waals surface area contributed by atoms with Crippen LogP contribution in [0.25, 0.3) is 0 Å². The zero-order chi connectivity index (χ0) is 13.1. The third kappa shape index (κ3) is 2.78. The lowest BCUT2D eigenvalue weighted by Crippen LogP contribution is -2.02. The molecule has 0 aliphatic carbocycles. The zero-order valence-electron chi connectivity index (χ0n) is 9.63. The van der Waals surface area contributed by atoms with Crippen molar-refractivity contribution in [3.05, 3.63) is 51.3 Å². The highest BCUT2D eigenvalue weighted by Crippen LogP contribution is 2.23. The van der Waals surface area contributed by atoms with Crippen LogP contribution in [0.5, 0.6) is 0 Å². The first-order valence-electron chi connectivity index (χ1n) is 5.21. The summed E-state index contributed by atoms with van der Waals surface area (Å²) in [6.45, 7) is 0.322. The smallest absolute Gasteiger partial charge is 0.274 e. The minimum atomic E-state index is -0.420. The van der Waals surface area contributed by atoms with Gasteiger partial charge in [-0.2, -0.15) is 5.10 Å². The van der Waals surface area contributed by atoms with Gasteiger partial charge < -0.3 is 5.32 Å². The molecule has 7 heteroatoms. The number of aromatic nitrogens is 2. The van der Waals surface area contributed by atoms with E-state index in [4.69, 9.17) is 11.6 Å². The van der Waals surface area contributed by atoms with E-state index < -0.39 is 4.92 Å². The summed E-state index contributed by atoms with van der Waals surface area (Å²) >= 11 is 5.84. The largest absolute Gasteiger partial charge is 0.378 e. The first-order valence-corrected chi connectivity index (χ1v) is 5.59. The quantitative estimate of drug-likeness (QED) is 0.682. The van der Waals surface area contributed by atoms with Crippen molar-refractivity contribution in [2.45, 2.75) is 6.54 Å². The van der Waals surface area contributed by atoms with Crippen molar-refractivity contribution in [3.63, 3.8) is 0 Å². The fourth-order valence-corrected chi connectivity index (χ4v) is 1.78. The maximum absolute atomic E-state index is 10.9. The number of rotatable bonds is 4. The van der Waals surface area contributed by atoms with Crippen molar-refractivity contribution in [2.75, 3.05) is 5.32 Å². The Morgan fingerprint density at radius 1 is 1.56 bits per heavy atom. The number of nitrogens with zero attached hydrogens (tertiary/aromatic N) is 3. The standard InChI is InChI=1S/C11H11ClN4O2/c1-15-7-10(6-14-15)13-5-8-4-9(12)2-3-11(8)16(17)18/h2-4,6-7,13H,5H2,1H3. The summed E-state index contributed by atoms with van der Waals surface area (Å²) in [7, 11) is 1.80. The summed E-state index contributed by atoms with van der Waals surface area (Å²) in [5, 5.41) is 18.4. The number of hydrogen-bond acceptors (Lipinski definition) is 4. The highest BCUT2D eigenvalue weighted by atomic mass is 35.5. The second-order valence-corrected chi connectivity index (χ2v) is 4.22. The topological polar surface area (TPSA) is 73.0 Å². The molecule has 0 fully saturated rings. The van der Waals surface area contributed by atoms with Crippen LogP contribution in [-0.2, 0) is 13.6 Å². The van der Waals surface area contributed by atoms with Crippen molar-refractivity contribution >= 4 is 23.0 Å². The summed E-state index contributed by atoms with van der Waals surface area (Å²) in [6, 6.07) is 4.50. The molecule has 0 unspecified atom stereocenters. The number of halogens is 1. The predicted octanol–water partition coefficient (Wildman–Crippen LogP) is 2.59. The lowest BCUT2D eigenvalue weighted by Gasteiger charge is -2.05. The molecule has 1 N–H and O–H groups in total. The Labute approximate surface area is 108 Å². The highest BCUT2D eigenvalue weighted by molar-refractivity contribution is 6.30. The van der Waals surface area contributed by atoms with Crippen LogP contribution in [0.4, 0.5) is 11.4 Å². The number of nitro groups is 1. The Bertz CT molecular complexity index is 582. The van der Waals surface area contributed by atoms with Gasteiger partial charge in [0.15, 0.2) is 0 Å². The average Bonchev–Trinajstić information content (AvgIpc) is 2.72. The third-order valence-corrected chi connectivity index (χ3v) is 2.66. The molecule has 0 spiro atoms. The van der Waals surface area contributed by atoms with Crippen molar-refractivity contribution in [2.24, 2.45) is 7.05 Å². The molecular formula is C11H11ClN4O2. The Balaban J connectivity index is 2.17. The molecule has 0 bridgehead atoms. The van der Waals surface area contributed by atoms with Crippen molar-refractivity contribution in [1.82, 2.24) is 9.78 Å². The van der Waals surface area contributed by atoms with Crippen LogP contribution in [0.15, 0.2) is 30.6 Å². The number of hydrogen-bond donors (Lipinski definition) is 1. The number of anilines is 1. The molecule has 0 aliphatic heterocycles. The van der Waals surface area contributed by atoms with E-state index >= 15 is 0 Å². The fourth-order valence-electron chi connectivity index (χ4n) is 1.58. The summed E-state index contributed by atoms with van der Waals surface area (Å²) in [5.41, 5.74) is 1.39. The van der Waals surface area contributed by atoms with Crippen LogP contribution in [-0.4, -0.2) is 14.7 Å². The molecule has 6 nitrogen and oxygen atoms in total. The van der Waals surface area contributed by atoms with E-state index in [1.165, 1.54) is 12.1 Å². The number of nitro benzene ring substituents is 1. The molecule has 1 aromatic heterocycles. The summed E-state index contributed by atoms with van der Waals surface area (Å²) in [5.74, 6) is 0. The first-order chi connectivity index (χ1) is 8.56. The highest BCUT2D eigenvalue weighted by Gasteiger charge is 2.13. The zero-order valence-corrected chi connectivity index (χ0v) is 10.4. The van der Waals surface area contributed by atoms with Gasteiger partial charge >= 0.3 is 0 Å². The van der Waals surface area contributed by atoms with Crippen LogP contribution in [0.1, 0.15) is 5.56 Å². The first kappa shape index (κ1) is 12.4. The maximum atomic E-state index is 10.9. The van der Waals surface area contributed by atoms with E-state index in [1.807, 2.05) is 0 Å². The molecule has 1 aromatic carbocycles. The minimum Gasteiger partial charge on any atom is -0.378 e. The van der Waals surface area contributed by atoms with Crippen LogP contribution in [0.2, 0.25) is 5.02 Å². The van der Waals surface area contributed by atoms with Gasteiger partial charge in [-0.1, -0.05) is 11.6 Å². The maximum Gasteiger partial charge on any atom is 0.274 e. The monoisotopic (exact) mass is 266 g/mol. The van der Waals surface area contributed by atoms with Crippen LogP contribution in [0.3, 0.4) is 0 Å². The van der Waals surface area contributed by atoms with Crippen molar-refractivity contribution in [3.8, 4) is 0 Å². The Morgan fingerprint density at radius 2 is 2.33 bits per heavy atom. The van der Waals surface area contributed by atoms with E-state index in [2.05, 4.69) is 10.4 Å². The third-order valence-electron chi connectivity index (χ3n) is 2.43. The average molecular weight is 267 g/mol. The molecule has 2 aromatic rings. The second-order valence-electron chi connectivity index (χ2n) is 3.79. The number of aryl methyl sites for hydroxylation is 1. The molecule has 0 saturated carbocycles. The van der Waals surface area contributed by atoms with E-state index in [-0.39, 0.29) is 5.69 Å². The van der Waals surface area contributed by atoms with Gasteiger partial charge in [0.2, 0.25) is 0 Å². The molecule has 0 saturated heterocycles. The van der Waals surface area contributed by atoms with Gasteiger partial charge in [-0.15, -0.1) is 0 Å². The second kappa shape index (κ2) is 5.05. The predicted molar refractivity (Wildman–Crippen MR) is 68.6 cm³/mol. The van der Waals surface area contributed by atoms with Gasteiger partial charge in [0, 0.05) is 30.9 Å². The molecule has 1 heterocycles. The summed E-state index contributed by atoms with van der Waals surface area (Å²) in [6.07, 6.45) is 3.44. The minimum absolute atomic E-state index is 0.0517. The van der Waals surface area contributed by atoms with E-state index in [9.17, 15) is 10.1 Å². The molecule has 18 heavy (non-hydrogen) atoms. The molecular weight excluding hydrogens is 256 g/mol. The lowest BCUT2D eigenvalue weighted by atomic mass is 10.2. The van der Waals surface area contributed by atoms with Gasteiger partial charge in [-0.05, 0) is 12.1 Å². The molecule has 94 valence electrons. The van der Waals surface area contributed by atoms with Gasteiger partial charge in [0.05, 0.1) is 22.4 Å². The normalized spacial score (nSPS) is 10.3. The van der Waals surface area contributed by atoms with Gasteiger partial charge in [-0.3, -0.25) is 14.8 Å². The van der Waals surface area contributed by atoms with Crippen LogP contribution >= 0.6 is 11.6 Å². The van der Waals surface area contributed by atoms with Crippen molar-refractivity contribution in [1.29, 1.82) is 0 Å². The number of benzene rings is 1. The molecule has 0 atom stereocenters. The van der Waals surface area contributed by atoms with E-state index in [1.54, 1.807) is 30.2 Å². The lowest BCUT2D eigenvalue weighted by molar-refractivity contribution is -0.385. The van der Waals surface area contributed by atoms with Gasteiger partial charge in [0.25, 0.3) is 5.69 Å². The van der Waals surface area contributed by atoms with Gasteiger partial charge in [-0.25, -0.2) is 0 Å². The summed E-state index contributed by atoms with van der Waals surface area (Å²) in [4.78, 5) is 10.4. The SMILES string of the molecule is Cn1cc(NCc2cc(Cl)ccc2[N+](=O)[O-])cn1.